The van der Waals surface area contributed by atoms with Crippen molar-refractivity contribution in [2.45, 2.75) is 19.3 Å². The van der Waals surface area contributed by atoms with Gasteiger partial charge in [0.15, 0.2) is 0 Å². The number of pyridine rings is 1. The zero-order chi connectivity index (χ0) is 25.4. The number of hydrogen-bond donors (Lipinski definition) is 0. The molecule has 1 radical (unpaired) electrons. The van der Waals surface area contributed by atoms with E-state index < -0.39 is 0 Å². The minimum absolute atomic E-state index is 0. The number of fused-ring (bicyclic) bond motifs is 6. The molecule has 0 bridgehead atoms. The van der Waals surface area contributed by atoms with Crippen LogP contribution in [0.5, 0.6) is 0 Å². The summed E-state index contributed by atoms with van der Waals surface area (Å²) in [7, 11) is 0. The number of para-hydroxylation sites is 2. The normalized spacial score (nSPS) is 13.4. The van der Waals surface area contributed by atoms with Crippen LogP contribution in [-0.4, -0.2) is 9.55 Å². The van der Waals surface area contributed by atoms with Gasteiger partial charge in [0, 0.05) is 42.5 Å². The summed E-state index contributed by atoms with van der Waals surface area (Å²) in [5.41, 5.74) is 10.8. The second-order valence-electron chi connectivity index (χ2n) is 10.8. The third-order valence-electron chi connectivity index (χ3n) is 8.34. The molecule has 39 heavy (non-hydrogen) atoms. The molecule has 189 valence electrons. The molecule has 0 atom stereocenters. The van der Waals surface area contributed by atoms with E-state index in [1.165, 1.54) is 55.1 Å². The Balaban J connectivity index is 0.00000253. The van der Waals surface area contributed by atoms with E-state index in [1.807, 2.05) is 12.3 Å². The Hall–Kier alpha value is -4.04. The van der Waals surface area contributed by atoms with Crippen molar-refractivity contribution in [1.82, 2.24) is 9.55 Å². The van der Waals surface area contributed by atoms with E-state index in [2.05, 4.69) is 128 Å². The largest absolute Gasteiger partial charge is 0.309 e. The molecule has 0 saturated heterocycles. The Morgan fingerprint density at radius 2 is 1.46 bits per heavy atom. The van der Waals surface area contributed by atoms with E-state index in [0.717, 1.165) is 16.6 Å². The first kappa shape index (κ1) is 24.0. The minimum Gasteiger partial charge on any atom is -0.309 e. The zero-order valence-corrected chi connectivity index (χ0v) is 24.1. The van der Waals surface area contributed by atoms with Gasteiger partial charge in [0.1, 0.15) is 0 Å². The molecule has 1 aliphatic heterocycles. The molecule has 7 aromatic rings. The van der Waals surface area contributed by atoms with E-state index in [0.29, 0.717) is 0 Å². The summed E-state index contributed by atoms with van der Waals surface area (Å²) in [6.45, 7) is 4.71. The van der Waals surface area contributed by atoms with Crippen molar-refractivity contribution in [3.63, 3.8) is 0 Å². The second kappa shape index (κ2) is 8.74. The van der Waals surface area contributed by atoms with Gasteiger partial charge in [-0.15, -0.1) is 35.4 Å². The summed E-state index contributed by atoms with van der Waals surface area (Å²) in [6.07, 6.45) is 1.89. The number of nitrogens with zero attached hydrogens (tertiary/aromatic N) is 2. The van der Waals surface area contributed by atoms with Gasteiger partial charge in [0.05, 0.1) is 16.7 Å². The smallest absolute Gasteiger partial charge is 0.0582 e. The summed E-state index contributed by atoms with van der Waals surface area (Å²) in [4.78, 5) is 4.74. The van der Waals surface area contributed by atoms with Gasteiger partial charge in [-0.25, -0.2) is 0 Å². The van der Waals surface area contributed by atoms with Gasteiger partial charge in [-0.1, -0.05) is 80.6 Å². The minimum atomic E-state index is -0.129. The molecule has 0 fully saturated rings. The first-order valence-corrected chi connectivity index (χ1v) is 13.1. The van der Waals surface area contributed by atoms with Crippen molar-refractivity contribution in [3.05, 3.63) is 133 Å². The quantitative estimate of drug-likeness (QED) is 0.167. The molecule has 1 aliphatic rings. The SMILES string of the molecule is CC1(C)c2cc(-c3cc[c-]c(-c4nccc5ccccc45)c3)ccc2-n2c3ccccc3c3cccc1c32.[Ir]. The van der Waals surface area contributed by atoms with Crippen LogP contribution in [-0.2, 0) is 25.5 Å². The van der Waals surface area contributed by atoms with E-state index in [9.17, 15) is 0 Å². The van der Waals surface area contributed by atoms with Crippen molar-refractivity contribution in [3.8, 4) is 28.1 Å². The van der Waals surface area contributed by atoms with E-state index in [1.54, 1.807) is 0 Å². The van der Waals surface area contributed by atoms with E-state index in [4.69, 9.17) is 4.98 Å². The molecule has 0 N–H and O–H groups in total. The van der Waals surface area contributed by atoms with Crippen LogP contribution in [0.4, 0.5) is 0 Å². The van der Waals surface area contributed by atoms with Crippen LogP contribution in [0.25, 0.3) is 60.6 Å². The van der Waals surface area contributed by atoms with Crippen LogP contribution >= 0.6 is 0 Å². The number of benzene rings is 5. The van der Waals surface area contributed by atoms with Crippen LogP contribution < -0.4 is 0 Å². The van der Waals surface area contributed by atoms with Crippen molar-refractivity contribution in [2.75, 3.05) is 0 Å². The molecule has 0 aliphatic carbocycles. The third kappa shape index (κ3) is 3.40. The fourth-order valence-electron chi connectivity index (χ4n) is 6.45. The van der Waals surface area contributed by atoms with Crippen molar-refractivity contribution < 1.29 is 20.1 Å². The molecular weight excluding hydrogens is 653 g/mol. The van der Waals surface area contributed by atoms with Gasteiger partial charge in [-0.3, -0.25) is 0 Å². The summed E-state index contributed by atoms with van der Waals surface area (Å²) in [5, 5.41) is 4.97. The molecule has 3 heterocycles. The Bertz CT molecular complexity index is 2060. The monoisotopic (exact) mass is 678 g/mol. The fourth-order valence-corrected chi connectivity index (χ4v) is 6.45. The third-order valence-corrected chi connectivity index (χ3v) is 8.34. The Labute approximate surface area is 241 Å². The first-order chi connectivity index (χ1) is 18.6. The van der Waals surface area contributed by atoms with Crippen LogP contribution in [0.3, 0.4) is 0 Å². The van der Waals surface area contributed by atoms with Crippen LogP contribution in [0.2, 0.25) is 0 Å². The fraction of sp³-hybridized carbons (Fsp3) is 0.0833. The maximum Gasteiger partial charge on any atom is 0.0582 e. The molecule has 5 aromatic carbocycles. The molecule has 8 rings (SSSR count). The van der Waals surface area contributed by atoms with Gasteiger partial charge < -0.3 is 9.55 Å². The standard InChI is InChI=1S/C36H25N2.Ir/c1-36(2)30-15-8-14-29-28-13-5-6-16-32(28)38(35(29)30)33-18-17-25(22-31(33)36)24-10-7-11-26(21-24)34-27-12-4-3-9-23(27)19-20-37-34;/h3-10,12-22H,1-2H3;/q-1;. The van der Waals surface area contributed by atoms with Gasteiger partial charge in [-0.2, -0.15) is 0 Å². The maximum atomic E-state index is 4.74. The Morgan fingerprint density at radius 3 is 2.36 bits per heavy atom. The van der Waals surface area contributed by atoms with Crippen LogP contribution in [0, 0.1) is 6.07 Å². The van der Waals surface area contributed by atoms with Gasteiger partial charge >= 0.3 is 0 Å². The second-order valence-corrected chi connectivity index (χ2v) is 10.8. The molecular formula is C36H25IrN2-. The van der Waals surface area contributed by atoms with Crippen molar-refractivity contribution >= 4 is 32.6 Å². The summed E-state index contributed by atoms with van der Waals surface area (Å²) >= 11 is 0. The van der Waals surface area contributed by atoms with Crippen LogP contribution in [0.15, 0.2) is 115 Å². The molecule has 0 spiro atoms. The molecule has 0 saturated carbocycles. The first-order valence-electron chi connectivity index (χ1n) is 13.1. The summed E-state index contributed by atoms with van der Waals surface area (Å²) in [5.74, 6) is 0. The molecule has 0 amide bonds. The number of hydrogen-bond acceptors (Lipinski definition) is 1. The maximum absolute atomic E-state index is 4.74. The van der Waals surface area contributed by atoms with Gasteiger partial charge in [0.2, 0.25) is 0 Å². The van der Waals surface area contributed by atoms with Crippen LogP contribution in [0.1, 0.15) is 25.0 Å². The Morgan fingerprint density at radius 1 is 0.692 bits per heavy atom. The van der Waals surface area contributed by atoms with Crippen molar-refractivity contribution in [1.29, 1.82) is 0 Å². The van der Waals surface area contributed by atoms with Gasteiger partial charge in [-0.05, 0) is 57.4 Å². The average Bonchev–Trinajstić information content (AvgIpc) is 3.31. The topological polar surface area (TPSA) is 17.8 Å². The molecule has 2 aromatic heterocycles. The molecule has 2 nitrogen and oxygen atoms in total. The molecule has 3 heteroatoms. The number of rotatable bonds is 2. The van der Waals surface area contributed by atoms with Gasteiger partial charge in [0.25, 0.3) is 0 Å². The van der Waals surface area contributed by atoms with E-state index in [-0.39, 0.29) is 25.5 Å². The summed E-state index contributed by atoms with van der Waals surface area (Å²) in [6, 6.07) is 42.8. The van der Waals surface area contributed by atoms with E-state index >= 15 is 0 Å². The molecule has 0 unspecified atom stereocenters. The number of aromatic nitrogens is 2. The van der Waals surface area contributed by atoms with Crippen molar-refractivity contribution in [2.24, 2.45) is 0 Å². The predicted molar refractivity (Wildman–Crippen MR) is 158 cm³/mol. The summed E-state index contributed by atoms with van der Waals surface area (Å²) < 4.78 is 2.47. The Kier molecular flexibility index (Phi) is 5.39. The predicted octanol–water partition coefficient (Wildman–Crippen LogP) is 9.10. The average molecular weight is 678 g/mol. The zero-order valence-electron chi connectivity index (χ0n) is 21.7.